The van der Waals surface area contributed by atoms with Crippen LogP contribution >= 0.6 is 11.3 Å². The van der Waals surface area contributed by atoms with E-state index in [1.54, 1.807) is 13.0 Å². The fourth-order valence-corrected chi connectivity index (χ4v) is 2.50. The summed E-state index contributed by atoms with van der Waals surface area (Å²) < 4.78 is 0. The van der Waals surface area contributed by atoms with Crippen LogP contribution in [0.5, 0.6) is 0 Å². The van der Waals surface area contributed by atoms with Gasteiger partial charge in [-0.3, -0.25) is 9.59 Å². The maximum Gasteiger partial charge on any atom is 0.261 e. The highest BCUT2D eigenvalue weighted by atomic mass is 32.1. The molecular formula is C14H22N2O2S. The van der Waals surface area contributed by atoms with E-state index in [1.807, 2.05) is 25.3 Å². The Morgan fingerprint density at radius 1 is 1.42 bits per heavy atom. The fraction of sp³-hybridized carbons (Fsp3) is 0.571. The minimum Gasteiger partial charge on any atom is -0.349 e. The van der Waals surface area contributed by atoms with E-state index >= 15 is 0 Å². The molecule has 2 amide bonds. The van der Waals surface area contributed by atoms with Gasteiger partial charge < -0.3 is 10.6 Å². The Labute approximate surface area is 118 Å². The molecule has 0 spiro atoms. The minimum absolute atomic E-state index is 0.150. The average molecular weight is 282 g/mol. The van der Waals surface area contributed by atoms with E-state index in [0.29, 0.717) is 4.88 Å². The average Bonchev–Trinajstić information content (AvgIpc) is 2.81. The quantitative estimate of drug-likeness (QED) is 0.842. The van der Waals surface area contributed by atoms with Gasteiger partial charge in [-0.1, -0.05) is 19.4 Å². The Hall–Kier alpha value is -1.36. The van der Waals surface area contributed by atoms with Crippen LogP contribution in [0, 0.1) is 0 Å². The summed E-state index contributed by atoms with van der Waals surface area (Å²) in [6.07, 6.45) is 1.91. The molecule has 0 aromatic carbocycles. The molecule has 1 atom stereocenters. The molecule has 1 aromatic rings. The van der Waals surface area contributed by atoms with Crippen LogP contribution in [0.3, 0.4) is 0 Å². The van der Waals surface area contributed by atoms with Crippen LogP contribution in [0.1, 0.15) is 50.2 Å². The molecule has 0 saturated carbocycles. The Morgan fingerprint density at radius 2 is 2.11 bits per heavy atom. The van der Waals surface area contributed by atoms with Gasteiger partial charge in [-0.05, 0) is 38.6 Å². The zero-order valence-electron chi connectivity index (χ0n) is 11.9. The molecule has 0 bridgehead atoms. The first-order valence-electron chi connectivity index (χ1n) is 6.52. The number of hydrogen-bond acceptors (Lipinski definition) is 3. The van der Waals surface area contributed by atoms with E-state index in [9.17, 15) is 9.59 Å². The molecule has 0 fully saturated rings. The van der Waals surface area contributed by atoms with Gasteiger partial charge in [0.05, 0.1) is 4.88 Å². The third-order valence-corrected chi connectivity index (χ3v) is 3.69. The summed E-state index contributed by atoms with van der Waals surface area (Å²) in [5, 5.41) is 7.50. The van der Waals surface area contributed by atoms with Crippen LogP contribution < -0.4 is 10.6 Å². The SMILES string of the molecule is CCCC(C)(C)NC(=O)[C@H](C)NC(=O)c1cccs1. The molecule has 4 nitrogen and oxygen atoms in total. The standard InChI is InChI=1S/C14H22N2O2S/c1-5-8-14(3,4)16-12(17)10(2)15-13(18)11-7-6-9-19-11/h6-7,9-10H,5,8H2,1-4H3,(H,15,18)(H,16,17)/t10-/m0/s1. The van der Waals surface area contributed by atoms with Crippen molar-refractivity contribution < 1.29 is 9.59 Å². The summed E-state index contributed by atoms with van der Waals surface area (Å²) in [4.78, 5) is 24.5. The van der Waals surface area contributed by atoms with Crippen molar-refractivity contribution in [2.75, 3.05) is 0 Å². The zero-order valence-corrected chi connectivity index (χ0v) is 12.8. The lowest BCUT2D eigenvalue weighted by molar-refractivity contribution is -0.124. The van der Waals surface area contributed by atoms with Crippen molar-refractivity contribution in [1.29, 1.82) is 0 Å². The molecule has 1 rings (SSSR count). The summed E-state index contributed by atoms with van der Waals surface area (Å²) >= 11 is 1.36. The lowest BCUT2D eigenvalue weighted by atomic mass is 9.98. The summed E-state index contributed by atoms with van der Waals surface area (Å²) in [6, 6.07) is 3.02. The number of hydrogen-bond donors (Lipinski definition) is 2. The number of nitrogens with one attached hydrogen (secondary N) is 2. The predicted octanol–water partition coefficient (Wildman–Crippen LogP) is 2.56. The van der Waals surface area contributed by atoms with E-state index in [1.165, 1.54) is 11.3 Å². The van der Waals surface area contributed by atoms with Crippen molar-refractivity contribution >= 4 is 23.2 Å². The molecule has 2 N–H and O–H groups in total. The topological polar surface area (TPSA) is 58.2 Å². The number of carbonyl (C=O) groups excluding carboxylic acids is 2. The van der Waals surface area contributed by atoms with E-state index in [0.717, 1.165) is 12.8 Å². The van der Waals surface area contributed by atoms with E-state index in [4.69, 9.17) is 0 Å². The summed E-state index contributed by atoms with van der Waals surface area (Å²) in [5.74, 6) is -0.352. The minimum atomic E-state index is -0.536. The Bertz CT molecular complexity index is 427. The van der Waals surface area contributed by atoms with Gasteiger partial charge in [0.2, 0.25) is 5.91 Å². The smallest absolute Gasteiger partial charge is 0.261 e. The van der Waals surface area contributed by atoms with Gasteiger partial charge in [-0.25, -0.2) is 0 Å². The van der Waals surface area contributed by atoms with Gasteiger partial charge in [-0.15, -0.1) is 11.3 Å². The predicted molar refractivity (Wildman–Crippen MR) is 78.4 cm³/mol. The molecule has 0 unspecified atom stereocenters. The van der Waals surface area contributed by atoms with Crippen molar-refractivity contribution in [2.24, 2.45) is 0 Å². The highest BCUT2D eigenvalue weighted by molar-refractivity contribution is 7.12. The molecule has 5 heteroatoms. The molecule has 19 heavy (non-hydrogen) atoms. The zero-order chi connectivity index (χ0) is 14.5. The van der Waals surface area contributed by atoms with Crippen molar-refractivity contribution in [3.8, 4) is 0 Å². The van der Waals surface area contributed by atoms with Crippen LogP contribution in [0.15, 0.2) is 17.5 Å². The fourth-order valence-electron chi connectivity index (χ4n) is 1.87. The van der Waals surface area contributed by atoms with Crippen molar-refractivity contribution in [2.45, 2.75) is 52.1 Å². The van der Waals surface area contributed by atoms with Gasteiger partial charge in [0.1, 0.15) is 6.04 Å². The largest absolute Gasteiger partial charge is 0.349 e. The highest BCUT2D eigenvalue weighted by Gasteiger charge is 2.23. The Balaban J connectivity index is 2.51. The van der Waals surface area contributed by atoms with Crippen molar-refractivity contribution in [3.63, 3.8) is 0 Å². The lowest BCUT2D eigenvalue weighted by Crippen LogP contribution is -2.52. The van der Waals surface area contributed by atoms with Gasteiger partial charge >= 0.3 is 0 Å². The molecule has 0 aliphatic heterocycles. The third kappa shape index (κ3) is 5.03. The maximum atomic E-state index is 12.0. The highest BCUT2D eigenvalue weighted by Crippen LogP contribution is 2.11. The van der Waals surface area contributed by atoms with Crippen LogP contribution in [-0.2, 0) is 4.79 Å². The monoisotopic (exact) mass is 282 g/mol. The first-order valence-corrected chi connectivity index (χ1v) is 7.40. The molecule has 106 valence electrons. The molecule has 1 aromatic heterocycles. The van der Waals surface area contributed by atoms with Gasteiger partial charge in [0, 0.05) is 5.54 Å². The van der Waals surface area contributed by atoms with Crippen LogP contribution in [0.25, 0.3) is 0 Å². The first kappa shape index (κ1) is 15.7. The van der Waals surface area contributed by atoms with Crippen molar-refractivity contribution in [1.82, 2.24) is 10.6 Å². The van der Waals surface area contributed by atoms with Gasteiger partial charge in [0.25, 0.3) is 5.91 Å². The first-order chi connectivity index (χ1) is 8.85. The molecule has 1 heterocycles. The summed E-state index contributed by atoms with van der Waals surface area (Å²) in [6.45, 7) is 7.75. The van der Waals surface area contributed by atoms with Gasteiger partial charge in [0.15, 0.2) is 0 Å². The van der Waals surface area contributed by atoms with Crippen molar-refractivity contribution in [3.05, 3.63) is 22.4 Å². The van der Waals surface area contributed by atoms with Crippen LogP contribution in [-0.4, -0.2) is 23.4 Å². The second-order valence-corrected chi connectivity index (χ2v) is 6.24. The second-order valence-electron chi connectivity index (χ2n) is 5.30. The number of thiophene rings is 1. The van der Waals surface area contributed by atoms with E-state index < -0.39 is 6.04 Å². The van der Waals surface area contributed by atoms with Gasteiger partial charge in [-0.2, -0.15) is 0 Å². The summed E-state index contributed by atoms with van der Waals surface area (Å²) in [5.41, 5.74) is -0.242. The Morgan fingerprint density at radius 3 is 2.63 bits per heavy atom. The lowest BCUT2D eigenvalue weighted by Gasteiger charge is -2.27. The van der Waals surface area contributed by atoms with E-state index in [2.05, 4.69) is 17.6 Å². The Kier molecular flexibility index (Phi) is 5.54. The number of amides is 2. The molecule has 0 aliphatic carbocycles. The number of rotatable bonds is 6. The second kappa shape index (κ2) is 6.70. The normalized spacial score (nSPS) is 12.8. The molecular weight excluding hydrogens is 260 g/mol. The summed E-state index contributed by atoms with van der Waals surface area (Å²) in [7, 11) is 0. The van der Waals surface area contributed by atoms with Crippen LogP contribution in [0.2, 0.25) is 0 Å². The van der Waals surface area contributed by atoms with Crippen LogP contribution in [0.4, 0.5) is 0 Å². The molecule has 0 saturated heterocycles. The van der Waals surface area contributed by atoms with E-state index in [-0.39, 0.29) is 17.4 Å². The molecule has 0 radical (unpaired) electrons. The third-order valence-electron chi connectivity index (χ3n) is 2.82. The maximum absolute atomic E-state index is 12.0. The molecule has 0 aliphatic rings. The number of carbonyl (C=O) groups is 2.